The van der Waals surface area contributed by atoms with E-state index in [4.69, 9.17) is 5.73 Å². The van der Waals surface area contributed by atoms with E-state index in [-0.39, 0.29) is 17.4 Å². The van der Waals surface area contributed by atoms with Crippen molar-refractivity contribution in [3.8, 4) is 0 Å². The Hall–Kier alpha value is -1.59. The lowest BCUT2D eigenvalue weighted by Crippen LogP contribution is -2.00. The highest BCUT2D eigenvalue weighted by Crippen LogP contribution is 2.39. The Morgan fingerprint density at radius 1 is 1.53 bits per heavy atom. The molecule has 0 aromatic carbocycles. The van der Waals surface area contributed by atoms with Crippen molar-refractivity contribution in [1.82, 2.24) is 9.78 Å². The van der Waals surface area contributed by atoms with Gasteiger partial charge in [0.15, 0.2) is 0 Å². The molecule has 0 amide bonds. The summed E-state index contributed by atoms with van der Waals surface area (Å²) in [5, 5.41) is 15.0. The second-order valence-corrected chi connectivity index (χ2v) is 3.98. The number of nitrogen functional groups attached to an aromatic ring is 1. The molecule has 1 aliphatic rings. The van der Waals surface area contributed by atoms with Crippen LogP contribution in [0.1, 0.15) is 37.3 Å². The first-order valence-corrected chi connectivity index (χ1v) is 5.08. The van der Waals surface area contributed by atoms with E-state index in [9.17, 15) is 10.1 Å². The fourth-order valence-corrected chi connectivity index (χ4v) is 2.21. The van der Waals surface area contributed by atoms with Crippen molar-refractivity contribution >= 4 is 11.5 Å². The van der Waals surface area contributed by atoms with Crippen LogP contribution in [0.15, 0.2) is 0 Å². The lowest BCUT2D eigenvalue weighted by atomic mass is 10.0. The maximum atomic E-state index is 10.9. The number of rotatable bonds is 2. The number of aryl methyl sites for hydroxylation is 1. The lowest BCUT2D eigenvalue weighted by molar-refractivity contribution is -0.384. The van der Waals surface area contributed by atoms with Crippen molar-refractivity contribution in [2.24, 2.45) is 7.05 Å². The van der Waals surface area contributed by atoms with E-state index < -0.39 is 4.92 Å². The van der Waals surface area contributed by atoms with Gasteiger partial charge >= 0.3 is 5.69 Å². The Morgan fingerprint density at radius 3 is 2.67 bits per heavy atom. The number of aromatic nitrogens is 2. The zero-order chi connectivity index (χ0) is 11.0. The van der Waals surface area contributed by atoms with Gasteiger partial charge in [0.1, 0.15) is 5.69 Å². The van der Waals surface area contributed by atoms with Crippen molar-refractivity contribution in [2.75, 3.05) is 5.73 Å². The number of hydrogen-bond acceptors (Lipinski definition) is 4. The van der Waals surface area contributed by atoms with Crippen LogP contribution < -0.4 is 5.73 Å². The van der Waals surface area contributed by atoms with Gasteiger partial charge in [0.2, 0.25) is 5.82 Å². The van der Waals surface area contributed by atoms with Crippen molar-refractivity contribution < 1.29 is 4.92 Å². The highest BCUT2D eigenvalue weighted by molar-refractivity contribution is 5.57. The summed E-state index contributed by atoms with van der Waals surface area (Å²) in [6.45, 7) is 0. The molecule has 0 bridgehead atoms. The average Bonchev–Trinajstić information content (AvgIpc) is 2.75. The van der Waals surface area contributed by atoms with Crippen LogP contribution in [0.3, 0.4) is 0 Å². The fourth-order valence-electron chi connectivity index (χ4n) is 2.21. The van der Waals surface area contributed by atoms with Crippen LogP contribution in [-0.2, 0) is 7.05 Å². The second kappa shape index (κ2) is 3.52. The third kappa shape index (κ3) is 1.55. The molecular weight excluding hydrogens is 196 g/mol. The van der Waals surface area contributed by atoms with Crippen LogP contribution in [0.2, 0.25) is 0 Å². The topological polar surface area (TPSA) is 87.0 Å². The molecule has 15 heavy (non-hydrogen) atoms. The van der Waals surface area contributed by atoms with Crippen LogP contribution in [0.5, 0.6) is 0 Å². The van der Waals surface area contributed by atoms with Crippen LogP contribution in [0.25, 0.3) is 0 Å². The zero-order valence-corrected chi connectivity index (χ0v) is 8.64. The summed E-state index contributed by atoms with van der Waals surface area (Å²) >= 11 is 0. The van der Waals surface area contributed by atoms with Gasteiger partial charge in [-0.3, -0.25) is 10.1 Å². The molecule has 6 heteroatoms. The summed E-state index contributed by atoms with van der Waals surface area (Å²) in [5.74, 6) is 0.371. The Balaban J connectivity index is 2.45. The van der Waals surface area contributed by atoms with Gasteiger partial charge in [-0.15, -0.1) is 0 Å². The summed E-state index contributed by atoms with van der Waals surface area (Å²) in [6, 6.07) is 0. The molecular formula is C9H14N4O2. The molecule has 1 fully saturated rings. The number of hydrogen-bond donors (Lipinski definition) is 1. The molecule has 0 unspecified atom stereocenters. The quantitative estimate of drug-likeness (QED) is 0.592. The Kier molecular flexibility index (Phi) is 2.34. The third-order valence-electron chi connectivity index (χ3n) is 3.02. The van der Waals surface area contributed by atoms with Crippen LogP contribution in [0, 0.1) is 10.1 Å². The molecule has 0 saturated heterocycles. The number of nitro groups is 1. The molecule has 1 aromatic rings. The second-order valence-electron chi connectivity index (χ2n) is 3.98. The molecule has 2 N–H and O–H groups in total. The van der Waals surface area contributed by atoms with Gasteiger partial charge in [0.05, 0.1) is 4.92 Å². The van der Waals surface area contributed by atoms with Gasteiger partial charge in [0.25, 0.3) is 0 Å². The normalized spacial score (nSPS) is 17.1. The molecule has 6 nitrogen and oxygen atoms in total. The first-order chi connectivity index (χ1) is 7.11. The van der Waals surface area contributed by atoms with Crippen molar-refractivity contribution in [2.45, 2.75) is 31.6 Å². The van der Waals surface area contributed by atoms with E-state index >= 15 is 0 Å². The Bertz CT molecular complexity index is 393. The summed E-state index contributed by atoms with van der Waals surface area (Å²) in [5.41, 5.74) is 6.20. The molecule has 0 spiro atoms. The number of nitrogens with zero attached hydrogens (tertiary/aromatic N) is 3. The molecule has 2 rings (SSSR count). The van der Waals surface area contributed by atoms with E-state index in [0.717, 1.165) is 25.7 Å². The van der Waals surface area contributed by atoms with Gasteiger partial charge in [-0.05, 0) is 12.8 Å². The van der Waals surface area contributed by atoms with Gasteiger partial charge in [-0.25, -0.2) is 4.68 Å². The highest BCUT2D eigenvalue weighted by atomic mass is 16.6. The fraction of sp³-hybridized carbons (Fsp3) is 0.667. The molecule has 0 aliphatic heterocycles. The number of nitrogens with two attached hydrogens (primary N) is 1. The van der Waals surface area contributed by atoms with Gasteiger partial charge in [0, 0.05) is 13.0 Å². The number of anilines is 1. The summed E-state index contributed by atoms with van der Waals surface area (Å²) in [7, 11) is 1.64. The minimum atomic E-state index is -0.421. The third-order valence-corrected chi connectivity index (χ3v) is 3.02. The Labute approximate surface area is 87.2 Å². The molecule has 1 aliphatic carbocycles. The van der Waals surface area contributed by atoms with Crippen molar-refractivity contribution in [1.29, 1.82) is 0 Å². The summed E-state index contributed by atoms with van der Waals surface area (Å²) in [6.07, 6.45) is 4.21. The van der Waals surface area contributed by atoms with E-state index in [1.165, 1.54) is 4.68 Å². The average molecular weight is 210 g/mol. The van der Waals surface area contributed by atoms with Crippen LogP contribution >= 0.6 is 0 Å². The van der Waals surface area contributed by atoms with Gasteiger partial charge in [-0.2, -0.15) is 5.10 Å². The predicted molar refractivity (Wildman–Crippen MR) is 55.5 cm³/mol. The lowest BCUT2D eigenvalue weighted by Gasteiger charge is -2.02. The minimum absolute atomic E-state index is 0.00407. The van der Waals surface area contributed by atoms with E-state index in [1.54, 1.807) is 7.05 Å². The summed E-state index contributed by atoms with van der Waals surface area (Å²) in [4.78, 5) is 10.5. The molecule has 0 atom stereocenters. The molecule has 1 saturated carbocycles. The molecule has 1 aromatic heterocycles. The van der Waals surface area contributed by atoms with E-state index in [2.05, 4.69) is 5.10 Å². The highest BCUT2D eigenvalue weighted by Gasteiger charge is 2.31. The monoisotopic (exact) mass is 210 g/mol. The largest absolute Gasteiger partial charge is 0.378 e. The molecule has 0 radical (unpaired) electrons. The standard InChI is InChI=1S/C9H14N4O2/c1-12-9(10)8(13(14)15)7(11-12)6-4-2-3-5-6/h6H,2-5,10H2,1H3. The smallest absolute Gasteiger partial charge is 0.334 e. The van der Waals surface area contributed by atoms with Crippen molar-refractivity contribution in [3.05, 3.63) is 15.8 Å². The first kappa shape index (κ1) is 9.95. The van der Waals surface area contributed by atoms with Crippen molar-refractivity contribution in [3.63, 3.8) is 0 Å². The first-order valence-electron chi connectivity index (χ1n) is 5.08. The maximum Gasteiger partial charge on any atom is 0.334 e. The molecule has 1 heterocycles. The predicted octanol–water partition coefficient (Wildman–Crippen LogP) is 1.57. The van der Waals surface area contributed by atoms with Gasteiger partial charge < -0.3 is 5.73 Å². The van der Waals surface area contributed by atoms with E-state index in [1.807, 2.05) is 0 Å². The zero-order valence-electron chi connectivity index (χ0n) is 8.64. The Morgan fingerprint density at radius 2 is 2.13 bits per heavy atom. The molecule has 82 valence electrons. The van der Waals surface area contributed by atoms with Crippen LogP contribution in [0.4, 0.5) is 11.5 Å². The summed E-state index contributed by atoms with van der Waals surface area (Å²) < 4.78 is 1.39. The minimum Gasteiger partial charge on any atom is -0.378 e. The SMILES string of the molecule is Cn1nc(C2CCCC2)c([N+](=O)[O-])c1N. The van der Waals surface area contributed by atoms with E-state index in [0.29, 0.717) is 5.69 Å². The maximum absolute atomic E-state index is 10.9. The van der Waals surface area contributed by atoms with Gasteiger partial charge in [-0.1, -0.05) is 12.8 Å². The van der Waals surface area contributed by atoms with Crippen LogP contribution in [-0.4, -0.2) is 14.7 Å².